The van der Waals surface area contributed by atoms with E-state index in [4.69, 9.17) is 21.1 Å². The van der Waals surface area contributed by atoms with Crippen LogP contribution in [-0.2, 0) is 6.54 Å². The van der Waals surface area contributed by atoms with Gasteiger partial charge >= 0.3 is 0 Å². The molecular formula is C16H15BrClNO2. The van der Waals surface area contributed by atoms with Crippen LogP contribution < -0.4 is 14.8 Å². The Morgan fingerprint density at radius 2 is 2.05 bits per heavy atom. The molecular weight excluding hydrogens is 354 g/mol. The fourth-order valence-corrected chi connectivity index (χ4v) is 2.94. The molecule has 0 saturated carbocycles. The maximum atomic E-state index is 6.24. The lowest BCUT2D eigenvalue weighted by molar-refractivity contribution is 0.171. The summed E-state index contributed by atoms with van der Waals surface area (Å²) in [6.07, 6.45) is 0. The van der Waals surface area contributed by atoms with E-state index in [1.165, 1.54) is 5.56 Å². The predicted octanol–water partition coefficient (Wildman–Crippen LogP) is 4.79. The van der Waals surface area contributed by atoms with E-state index in [9.17, 15) is 0 Å². The molecule has 0 bridgehead atoms. The molecule has 21 heavy (non-hydrogen) atoms. The molecule has 0 aromatic heterocycles. The number of rotatable bonds is 3. The summed E-state index contributed by atoms with van der Waals surface area (Å²) in [5, 5.41) is 3.99. The molecule has 2 aromatic carbocycles. The van der Waals surface area contributed by atoms with Gasteiger partial charge in [-0.3, -0.25) is 0 Å². The third-order valence-corrected chi connectivity index (χ3v) is 4.66. The third kappa shape index (κ3) is 3.11. The molecule has 0 spiro atoms. The summed E-state index contributed by atoms with van der Waals surface area (Å²) in [5.74, 6) is 1.36. The van der Waals surface area contributed by atoms with Crippen LogP contribution in [0.4, 0.5) is 5.69 Å². The van der Waals surface area contributed by atoms with Crippen LogP contribution in [0.15, 0.2) is 34.8 Å². The van der Waals surface area contributed by atoms with Crippen LogP contribution in [0.1, 0.15) is 11.1 Å². The van der Waals surface area contributed by atoms with Gasteiger partial charge in [0.15, 0.2) is 11.5 Å². The van der Waals surface area contributed by atoms with Crippen molar-refractivity contribution in [2.45, 2.75) is 13.5 Å². The van der Waals surface area contributed by atoms with Crippen molar-refractivity contribution in [3.8, 4) is 11.5 Å². The fraction of sp³-hybridized carbons (Fsp3) is 0.250. The van der Waals surface area contributed by atoms with Gasteiger partial charge in [0.25, 0.3) is 0 Å². The van der Waals surface area contributed by atoms with Gasteiger partial charge in [0.1, 0.15) is 13.2 Å². The average Bonchev–Trinajstić information content (AvgIpc) is 2.49. The van der Waals surface area contributed by atoms with Gasteiger partial charge in [-0.25, -0.2) is 0 Å². The van der Waals surface area contributed by atoms with Gasteiger partial charge in [0.05, 0.1) is 5.02 Å². The van der Waals surface area contributed by atoms with Crippen LogP contribution in [0, 0.1) is 6.92 Å². The standard InChI is InChI=1S/C16H15BrClNO2/c1-10-3-2-4-13(15(10)17)19-9-11-7-12(18)16-14(8-11)20-5-6-21-16/h2-4,7-8,19H,5-6,9H2,1H3. The second-order valence-corrected chi connectivity index (χ2v) is 6.09. The third-order valence-electron chi connectivity index (χ3n) is 3.33. The number of hydrogen-bond donors (Lipinski definition) is 1. The number of aryl methyl sites for hydroxylation is 1. The lowest BCUT2D eigenvalue weighted by Crippen LogP contribution is -2.16. The van der Waals surface area contributed by atoms with E-state index in [2.05, 4.69) is 34.2 Å². The normalized spacial score (nSPS) is 13.1. The Kier molecular flexibility index (Phi) is 4.27. The highest BCUT2D eigenvalue weighted by Gasteiger charge is 2.16. The van der Waals surface area contributed by atoms with Gasteiger partial charge < -0.3 is 14.8 Å². The highest BCUT2D eigenvalue weighted by atomic mass is 79.9. The van der Waals surface area contributed by atoms with Crippen molar-refractivity contribution in [1.29, 1.82) is 0 Å². The van der Waals surface area contributed by atoms with Gasteiger partial charge in [0.2, 0.25) is 0 Å². The molecule has 1 aliphatic heterocycles. The molecule has 5 heteroatoms. The van der Waals surface area contributed by atoms with Gasteiger partial charge in [0, 0.05) is 16.7 Å². The first-order chi connectivity index (χ1) is 10.1. The quantitative estimate of drug-likeness (QED) is 0.844. The summed E-state index contributed by atoms with van der Waals surface area (Å²) >= 11 is 9.84. The number of fused-ring (bicyclic) bond motifs is 1. The van der Waals surface area contributed by atoms with Crippen LogP contribution >= 0.6 is 27.5 Å². The maximum absolute atomic E-state index is 6.24. The van der Waals surface area contributed by atoms with Crippen LogP contribution in [0.3, 0.4) is 0 Å². The summed E-state index contributed by atoms with van der Waals surface area (Å²) < 4.78 is 12.2. The van der Waals surface area contributed by atoms with E-state index >= 15 is 0 Å². The van der Waals surface area contributed by atoms with E-state index in [0.29, 0.717) is 36.3 Å². The van der Waals surface area contributed by atoms with E-state index in [-0.39, 0.29) is 0 Å². The van der Waals surface area contributed by atoms with Crippen molar-refractivity contribution in [2.75, 3.05) is 18.5 Å². The Morgan fingerprint density at radius 3 is 2.90 bits per heavy atom. The fourth-order valence-electron chi connectivity index (χ4n) is 2.25. The summed E-state index contributed by atoms with van der Waals surface area (Å²) in [6.45, 7) is 3.83. The zero-order valence-corrected chi connectivity index (χ0v) is 13.9. The Bertz CT molecular complexity index is 676. The number of anilines is 1. The molecule has 0 saturated heterocycles. The van der Waals surface area contributed by atoms with Crippen molar-refractivity contribution in [3.05, 3.63) is 51.0 Å². The number of nitrogens with one attached hydrogen (secondary N) is 1. The smallest absolute Gasteiger partial charge is 0.179 e. The van der Waals surface area contributed by atoms with E-state index < -0.39 is 0 Å². The van der Waals surface area contributed by atoms with E-state index in [1.54, 1.807) is 0 Å². The summed E-state index contributed by atoms with van der Waals surface area (Å²) in [5.41, 5.74) is 3.30. The van der Waals surface area contributed by atoms with Crippen molar-refractivity contribution in [3.63, 3.8) is 0 Å². The number of benzene rings is 2. The molecule has 0 fully saturated rings. The minimum Gasteiger partial charge on any atom is -0.486 e. The second kappa shape index (κ2) is 6.16. The SMILES string of the molecule is Cc1cccc(NCc2cc(Cl)c3c(c2)OCCO3)c1Br. The maximum Gasteiger partial charge on any atom is 0.179 e. The zero-order chi connectivity index (χ0) is 14.8. The highest BCUT2D eigenvalue weighted by molar-refractivity contribution is 9.10. The van der Waals surface area contributed by atoms with Crippen molar-refractivity contribution < 1.29 is 9.47 Å². The molecule has 1 N–H and O–H groups in total. The number of halogens is 2. The van der Waals surface area contributed by atoms with Gasteiger partial charge in [-0.05, 0) is 52.2 Å². The van der Waals surface area contributed by atoms with Gasteiger partial charge in [-0.15, -0.1) is 0 Å². The van der Waals surface area contributed by atoms with Crippen LogP contribution in [0.2, 0.25) is 5.02 Å². The molecule has 0 amide bonds. The largest absolute Gasteiger partial charge is 0.486 e. The second-order valence-electron chi connectivity index (χ2n) is 4.89. The van der Waals surface area contributed by atoms with Crippen LogP contribution in [-0.4, -0.2) is 13.2 Å². The minimum atomic E-state index is 0.542. The first-order valence-electron chi connectivity index (χ1n) is 6.72. The molecule has 2 aromatic rings. The van der Waals surface area contributed by atoms with Crippen molar-refractivity contribution in [2.24, 2.45) is 0 Å². The van der Waals surface area contributed by atoms with E-state index in [1.807, 2.05) is 24.3 Å². The van der Waals surface area contributed by atoms with E-state index in [0.717, 1.165) is 15.7 Å². The first-order valence-corrected chi connectivity index (χ1v) is 7.89. The average molecular weight is 369 g/mol. The predicted molar refractivity (Wildman–Crippen MR) is 88.6 cm³/mol. The lowest BCUT2D eigenvalue weighted by atomic mass is 10.1. The monoisotopic (exact) mass is 367 g/mol. The molecule has 0 aliphatic carbocycles. The van der Waals surface area contributed by atoms with Gasteiger partial charge in [-0.1, -0.05) is 23.7 Å². The van der Waals surface area contributed by atoms with Crippen molar-refractivity contribution in [1.82, 2.24) is 0 Å². The zero-order valence-electron chi connectivity index (χ0n) is 11.6. The Balaban J connectivity index is 1.79. The molecule has 110 valence electrons. The molecule has 0 radical (unpaired) electrons. The van der Waals surface area contributed by atoms with Gasteiger partial charge in [-0.2, -0.15) is 0 Å². The number of ether oxygens (including phenoxy) is 2. The molecule has 3 nitrogen and oxygen atoms in total. The minimum absolute atomic E-state index is 0.542. The Morgan fingerprint density at radius 1 is 1.24 bits per heavy atom. The summed E-state index contributed by atoms with van der Waals surface area (Å²) in [7, 11) is 0. The molecule has 0 atom stereocenters. The van der Waals surface area contributed by atoms with Crippen molar-refractivity contribution >= 4 is 33.2 Å². The summed E-state index contributed by atoms with van der Waals surface area (Å²) in [6, 6.07) is 10.0. The molecule has 1 heterocycles. The molecule has 1 aliphatic rings. The number of hydrogen-bond acceptors (Lipinski definition) is 3. The Hall–Kier alpha value is -1.39. The summed E-state index contributed by atoms with van der Waals surface area (Å²) in [4.78, 5) is 0. The molecule has 3 rings (SSSR count). The van der Waals surface area contributed by atoms with Crippen LogP contribution in [0.5, 0.6) is 11.5 Å². The van der Waals surface area contributed by atoms with Crippen LogP contribution in [0.25, 0.3) is 0 Å². The highest BCUT2D eigenvalue weighted by Crippen LogP contribution is 2.38. The lowest BCUT2D eigenvalue weighted by Gasteiger charge is -2.20. The first kappa shape index (κ1) is 14.5. The topological polar surface area (TPSA) is 30.5 Å². The molecule has 0 unspecified atom stereocenters. The Labute approximate surface area is 137 Å².